The van der Waals surface area contributed by atoms with Gasteiger partial charge in [-0.15, -0.1) is 0 Å². The van der Waals surface area contributed by atoms with E-state index in [-0.39, 0.29) is 17.4 Å². The lowest BCUT2D eigenvalue weighted by atomic mass is 9.65. The summed E-state index contributed by atoms with van der Waals surface area (Å²) in [6, 6.07) is -0.819. The summed E-state index contributed by atoms with van der Waals surface area (Å²) >= 11 is 0. The number of hydrogen-bond acceptors (Lipinski definition) is 3. The number of barbiturate groups is 1. The molecule has 1 aliphatic carbocycles. The molecule has 5 nitrogen and oxygen atoms in total. The first-order chi connectivity index (χ1) is 8.20. The molecule has 1 heterocycles. The zero-order valence-corrected chi connectivity index (χ0v) is 11.4. The number of nitrogens with one attached hydrogen (secondary N) is 1. The van der Waals surface area contributed by atoms with Crippen molar-refractivity contribution in [2.75, 3.05) is 0 Å². The van der Waals surface area contributed by atoms with Crippen molar-refractivity contribution < 1.29 is 14.4 Å². The molecule has 18 heavy (non-hydrogen) atoms. The third-order valence-corrected chi connectivity index (χ3v) is 4.35. The van der Waals surface area contributed by atoms with Crippen molar-refractivity contribution >= 4 is 17.8 Å². The molecule has 1 unspecified atom stereocenters. The van der Waals surface area contributed by atoms with Gasteiger partial charge in [0.2, 0.25) is 11.8 Å². The number of carbonyl (C=O) groups is 3. The zero-order valence-electron chi connectivity index (χ0n) is 11.4. The van der Waals surface area contributed by atoms with Gasteiger partial charge in [-0.1, -0.05) is 27.2 Å². The SMILES string of the molecule is CC(N1C(=O)NC(=O)C2(CCC2)C1=O)C(C)(C)C. The van der Waals surface area contributed by atoms with Gasteiger partial charge in [0, 0.05) is 6.04 Å². The Morgan fingerprint density at radius 1 is 1.22 bits per heavy atom. The number of carbonyl (C=O) groups excluding carboxylic acids is 3. The van der Waals surface area contributed by atoms with E-state index in [2.05, 4.69) is 5.32 Å². The lowest BCUT2D eigenvalue weighted by molar-refractivity contribution is -0.160. The Kier molecular flexibility index (Phi) is 2.76. The van der Waals surface area contributed by atoms with Crippen molar-refractivity contribution in [3.05, 3.63) is 0 Å². The smallest absolute Gasteiger partial charge is 0.277 e. The Balaban J connectivity index is 2.33. The Morgan fingerprint density at radius 3 is 2.17 bits per heavy atom. The van der Waals surface area contributed by atoms with E-state index in [0.29, 0.717) is 12.8 Å². The van der Waals surface area contributed by atoms with Crippen LogP contribution in [0.3, 0.4) is 0 Å². The fourth-order valence-corrected chi connectivity index (χ4v) is 2.41. The van der Waals surface area contributed by atoms with E-state index in [9.17, 15) is 14.4 Å². The third-order valence-electron chi connectivity index (χ3n) is 4.35. The maximum atomic E-state index is 12.5. The molecule has 2 rings (SSSR count). The van der Waals surface area contributed by atoms with Crippen LogP contribution >= 0.6 is 0 Å². The van der Waals surface area contributed by atoms with Crippen molar-refractivity contribution in [1.29, 1.82) is 0 Å². The summed E-state index contributed by atoms with van der Waals surface area (Å²) in [4.78, 5) is 37.5. The number of urea groups is 1. The third kappa shape index (κ3) is 1.64. The van der Waals surface area contributed by atoms with Crippen LogP contribution in [0.25, 0.3) is 0 Å². The highest BCUT2D eigenvalue weighted by molar-refractivity contribution is 6.19. The molecule has 0 aromatic rings. The van der Waals surface area contributed by atoms with E-state index in [1.54, 1.807) is 0 Å². The van der Waals surface area contributed by atoms with Crippen LogP contribution in [0.4, 0.5) is 4.79 Å². The van der Waals surface area contributed by atoms with Crippen molar-refractivity contribution in [3.63, 3.8) is 0 Å². The molecule has 0 aromatic carbocycles. The van der Waals surface area contributed by atoms with Crippen LogP contribution in [0.15, 0.2) is 0 Å². The molecule has 1 spiro atoms. The lowest BCUT2D eigenvalue weighted by Crippen LogP contribution is -2.68. The Bertz CT molecular complexity index is 418. The molecule has 1 saturated carbocycles. The summed E-state index contributed by atoms with van der Waals surface area (Å²) in [5, 5.41) is 2.33. The second-order valence-corrected chi connectivity index (χ2v) is 6.41. The van der Waals surface area contributed by atoms with E-state index in [0.717, 1.165) is 6.42 Å². The predicted molar refractivity (Wildman–Crippen MR) is 65.6 cm³/mol. The van der Waals surface area contributed by atoms with Crippen LogP contribution in [0.2, 0.25) is 0 Å². The Morgan fingerprint density at radius 2 is 1.78 bits per heavy atom. The van der Waals surface area contributed by atoms with Crippen LogP contribution in [-0.2, 0) is 9.59 Å². The number of hydrogen-bond donors (Lipinski definition) is 1. The van der Waals surface area contributed by atoms with Gasteiger partial charge in [0.15, 0.2) is 0 Å². The van der Waals surface area contributed by atoms with Gasteiger partial charge in [-0.3, -0.25) is 19.8 Å². The largest absolute Gasteiger partial charge is 0.331 e. The van der Waals surface area contributed by atoms with Gasteiger partial charge in [0.05, 0.1) is 0 Å². The lowest BCUT2D eigenvalue weighted by Gasteiger charge is -2.48. The van der Waals surface area contributed by atoms with Gasteiger partial charge in [-0.25, -0.2) is 4.79 Å². The highest BCUT2D eigenvalue weighted by atomic mass is 16.2. The van der Waals surface area contributed by atoms with E-state index >= 15 is 0 Å². The average molecular weight is 252 g/mol. The molecule has 2 fully saturated rings. The fourth-order valence-electron chi connectivity index (χ4n) is 2.41. The van der Waals surface area contributed by atoms with Gasteiger partial charge in [-0.05, 0) is 25.2 Å². The molecule has 1 aliphatic heterocycles. The predicted octanol–water partition coefficient (Wildman–Crippen LogP) is 1.67. The second-order valence-electron chi connectivity index (χ2n) is 6.41. The van der Waals surface area contributed by atoms with E-state index < -0.39 is 17.4 Å². The summed E-state index contributed by atoms with van der Waals surface area (Å²) in [5.41, 5.74) is -1.17. The molecule has 1 saturated heterocycles. The molecule has 1 N–H and O–H groups in total. The average Bonchev–Trinajstić information content (AvgIpc) is 2.12. The van der Waals surface area contributed by atoms with Crippen LogP contribution in [0.5, 0.6) is 0 Å². The summed E-state index contributed by atoms with van der Waals surface area (Å²) in [7, 11) is 0. The fraction of sp³-hybridized carbons (Fsp3) is 0.769. The highest BCUT2D eigenvalue weighted by Crippen LogP contribution is 2.45. The zero-order chi connectivity index (χ0) is 13.7. The van der Waals surface area contributed by atoms with E-state index in [1.807, 2.05) is 27.7 Å². The van der Waals surface area contributed by atoms with Crippen molar-refractivity contribution in [2.24, 2.45) is 10.8 Å². The van der Waals surface area contributed by atoms with Gasteiger partial charge in [0.25, 0.3) is 0 Å². The first-order valence-electron chi connectivity index (χ1n) is 6.39. The normalized spacial score (nSPS) is 24.9. The first kappa shape index (κ1) is 13.1. The molecule has 0 bridgehead atoms. The minimum Gasteiger partial charge on any atom is -0.277 e. The number of amides is 4. The van der Waals surface area contributed by atoms with Gasteiger partial charge in [-0.2, -0.15) is 0 Å². The molecule has 4 amide bonds. The van der Waals surface area contributed by atoms with Crippen molar-refractivity contribution in [2.45, 2.75) is 53.0 Å². The minimum atomic E-state index is -0.965. The highest BCUT2D eigenvalue weighted by Gasteiger charge is 2.58. The van der Waals surface area contributed by atoms with E-state index in [4.69, 9.17) is 0 Å². The number of imide groups is 2. The molecule has 1 atom stereocenters. The Hall–Kier alpha value is -1.39. The number of nitrogens with zero attached hydrogens (tertiary/aromatic N) is 1. The van der Waals surface area contributed by atoms with Crippen LogP contribution in [-0.4, -0.2) is 28.8 Å². The van der Waals surface area contributed by atoms with Gasteiger partial charge in [0.1, 0.15) is 5.41 Å². The maximum Gasteiger partial charge on any atom is 0.331 e. The summed E-state index contributed by atoms with van der Waals surface area (Å²) < 4.78 is 0. The summed E-state index contributed by atoms with van der Waals surface area (Å²) in [6.07, 6.45) is 1.97. The summed E-state index contributed by atoms with van der Waals surface area (Å²) in [6.45, 7) is 7.77. The van der Waals surface area contributed by atoms with Crippen LogP contribution < -0.4 is 5.32 Å². The molecule has 5 heteroatoms. The molecule has 0 radical (unpaired) electrons. The molecular weight excluding hydrogens is 232 g/mol. The molecule has 2 aliphatic rings. The number of rotatable bonds is 1. The molecule has 100 valence electrons. The van der Waals surface area contributed by atoms with E-state index in [1.165, 1.54) is 4.90 Å². The van der Waals surface area contributed by atoms with Gasteiger partial charge >= 0.3 is 6.03 Å². The van der Waals surface area contributed by atoms with Crippen molar-refractivity contribution in [1.82, 2.24) is 10.2 Å². The first-order valence-corrected chi connectivity index (χ1v) is 6.39. The monoisotopic (exact) mass is 252 g/mol. The topological polar surface area (TPSA) is 66.5 Å². The van der Waals surface area contributed by atoms with Gasteiger partial charge < -0.3 is 0 Å². The van der Waals surface area contributed by atoms with Crippen LogP contribution in [0.1, 0.15) is 47.0 Å². The minimum absolute atomic E-state index is 0.210. The quantitative estimate of drug-likeness (QED) is 0.722. The van der Waals surface area contributed by atoms with Crippen LogP contribution in [0, 0.1) is 10.8 Å². The summed E-state index contributed by atoms with van der Waals surface area (Å²) in [5.74, 6) is -0.731. The van der Waals surface area contributed by atoms with Crippen molar-refractivity contribution in [3.8, 4) is 0 Å². The molecular formula is C13H20N2O3. The maximum absolute atomic E-state index is 12.5. The second kappa shape index (κ2) is 3.80. The Labute approximate surface area is 107 Å². The molecule has 0 aromatic heterocycles. The standard InChI is InChI=1S/C13H20N2O3/c1-8(12(2,3)4)15-10(17)13(6-5-7-13)9(16)14-11(15)18/h8H,5-7H2,1-4H3,(H,14,16,18).